The van der Waals surface area contributed by atoms with Gasteiger partial charge in [0, 0.05) is 5.41 Å². The number of methoxy groups -OCH3 is 1. The van der Waals surface area contributed by atoms with Gasteiger partial charge in [-0.15, -0.1) is 0 Å². The minimum atomic E-state index is -0.698. The predicted molar refractivity (Wildman–Crippen MR) is 65.5 cm³/mol. The number of aliphatic carboxylic acids is 1. The maximum Gasteiger partial charge on any atom is 0.307 e. The summed E-state index contributed by atoms with van der Waals surface area (Å²) in [5.74, 6) is -0.159. The van der Waals surface area contributed by atoms with Gasteiger partial charge >= 0.3 is 5.97 Å². The Hall–Kier alpha value is -1.51. The zero-order valence-corrected chi connectivity index (χ0v) is 10.5. The first-order valence-corrected chi connectivity index (χ1v) is 5.87. The van der Waals surface area contributed by atoms with Gasteiger partial charge in [-0.1, -0.05) is 19.9 Å². The Morgan fingerprint density at radius 1 is 1.47 bits per heavy atom. The number of ether oxygens (including phenoxy) is 1. The van der Waals surface area contributed by atoms with Crippen molar-refractivity contribution in [2.45, 2.75) is 32.1 Å². The molecule has 1 unspecified atom stereocenters. The van der Waals surface area contributed by atoms with Gasteiger partial charge in [-0.2, -0.15) is 0 Å². The van der Waals surface area contributed by atoms with E-state index in [2.05, 4.69) is 0 Å². The van der Waals surface area contributed by atoms with Gasteiger partial charge in [-0.25, -0.2) is 0 Å². The van der Waals surface area contributed by atoms with Crippen LogP contribution in [0, 0.1) is 5.92 Å². The van der Waals surface area contributed by atoms with E-state index in [1.165, 1.54) is 5.56 Å². The molecule has 3 nitrogen and oxygen atoms in total. The molecule has 1 N–H and O–H groups in total. The van der Waals surface area contributed by atoms with Crippen LogP contribution in [0.15, 0.2) is 18.2 Å². The molecule has 0 bridgehead atoms. The molecule has 0 aliphatic heterocycles. The van der Waals surface area contributed by atoms with E-state index >= 15 is 0 Å². The number of carbonyl (C=O) groups is 1. The van der Waals surface area contributed by atoms with Crippen molar-refractivity contribution in [3.8, 4) is 5.75 Å². The van der Waals surface area contributed by atoms with Crippen molar-refractivity contribution in [1.29, 1.82) is 0 Å². The molecule has 1 aromatic rings. The van der Waals surface area contributed by atoms with Gasteiger partial charge in [-0.3, -0.25) is 4.79 Å². The van der Waals surface area contributed by atoms with Crippen LogP contribution in [0.1, 0.15) is 31.4 Å². The average Bonchev–Trinajstić information content (AvgIpc) is 2.27. The summed E-state index contributed by atoms with van der Waals surface area (Å²) in [6, 6.07) is 5.93. The van der Waals surface area contributed by atoms with Crippen LogP contribution in [0.25, 0.3) is 0 Å². The third-order valence-corrected chi connectivity index (χ3v) is 3.88. The lowest BCUT2D eigenvalue weighted by Gasteiger charge is -2.38. The van der Waals surface area contributed by atoms with Gasteiger partial charge in [0.1, 0.15) is 5.75 Å². The Morgan fingerprint density at radius 2 is 2.18 bits per heavy atom. The Kier molecular flexibility index (Phi) is 2.86. The molecule has 0 amide bonds. The molecule has 1 aliphatic carbocycles. The summed E-state index contributed by atoms with van der Waals surface area (Å²) in [4.78, 5) is 11.3. The van der Waals surface area contributed by atoms with Gasteiger partial charge in [0.25, 0.3) is 0 Å². The van der Waals surface area contributed by atoms with Gasteiger partial charge in [0.05, 0.1) is 13.0 Å². The molecule has 92 valence electrons. The molecule has 0 spiro atoms. The minimum absolute atomic E-state index is 0.302. The lowest BCUT2D eigenvalue weighted by Crippen LogP contribution is -2.38. The van der Waals surface area contributed by atoms with Crippen LogP contribution in [0.4, 0.5) is 0 Å². The number of aryl methyl sites for hydroxylation is 1. The molecule has 0 radical (unpaired) electrons. The molecule has 0 fully saturated rings. The van der Waals surface area contributed by atoms with Crippen LogP contribution in [0.3, 0.4) is 0 Å². The van der Waals surface area contributed by atoms with Crippen molar-refractivity contribution in [2.24, 2.45) is 5.92 Å². The number of carboxylic acids is 1. The zero-order chi connectivity index (χ0) is 12.6. The molecular formula is C14H18O3. The van der Waals surface area contributed by atoms with E-state index in [0.717, 1.165) is 17.7 Å². The van der Waals surface area contributed by atoms with Crippen molar-refractivity contribution >= 4 is 5.97 Å². The Morgan fingerprint density at radius 3 is 2.76 bits per heavy atom. The third-order valence-electron chi connectivity index (χ3n) is 3.88. The highest BCUT2D eigenvalue weighted by molar-refractivity contribution is 5.73. The lowest BCUT2D eigenvalue weighted by molar-refractivity contribution is -0.144. The van der Waals surface area contributed by atoms with Crippen LogP contribution < -0.4 is 4.74 Å². The second kappa shape index (κ2) is 4.06. The molecule has 0 heterocycles. The number of fused-ring (bicyclic) bond motifs is 1. The van der Waals surface area contributed by atoms with E-state index in [1.54, 1.807) is 7.11 Å². The highest BCUT2D eigenvalue weighted by Gasteiger charge is 2.40. The monoisotopic (exact) mass is 234 g/mol. The van der Waals surface area contributed by atoms with Crippen LogP contribution in [0.2, 0.25) is 0 Å². The summed E-state index contributed by atoms with van der Waals surface area (Å²) in [5.41, 5.74) is 2.04. The quantitative estimate of drug-likeness (QED) is 0.855. The first kappa shape index (κ1) is 12.0. The van der Waals surface area contributed by atoms with E-state index in [4.69, 9.17) is 4.74 Å². The van der Waals surface area contributed by atoms with Gasteiger partial charge in [0.2, 0.25) is 0 Å². The maximum absolute atomic E-state index is 11.3. The lowest BCUT2D eigenvalue weighted by atomic mass is 9.65. The first-order valence-electron chi connectivity index (χ1n) is 5.87. The SMILES string of the molecule is COc1ccc2c(c1)CCC(C(=O)O)C2(C)C. The fourth-order valence-electron chi connectivity index (χ4n) is 2.81. The number of benzene rings is 1. The third kappa shape index (κ3) is 1.90. The van der Waals surface area contributed by atoms with Gasteiger partial charge in [-0.05, 0) is 36.1 Å². The highest BCUT2D eigenvalue weighted by atomic mass is 16.5. The van der Waals surface area contributed by atoms with Gasteiger partial charge in [0.15, 0.2) is 0 Å². The molecule has 1 atom stereocenters. The maximum atomic E-state index is 11.3. The van der Waals surface area contributed by atoms with Crippen molar-refractivity contribution in [1.82, 2.24) is 0 Å². The smallest absolute Gasteiger partial charge is 0.307 e. The van der Waals surface area contributed by atoms with Gasteiger partial charge < -0.3 is 9.84 Å². The zero-order valence-electron chi connectivity index (χ0n) is 10.5. The van der Waals surface area contributed by atoms with E-state index in [1.807, 2.05) is 32.0 Å². The molecule has 1 aliphatic rings. The van der Waals surface area contributed by atoms with Crippen LogP contribution in [-0.2, 0) is 16.6 Å². The fourth-order valence-corrected chi connectivity index (χ4v) is 2.81. The minimum Gasteiger partial charge on any atom is -0.497 e. The summed E-state index contributed by atoms with van der Waals surface area (Å²) in [6.45, 7) is 4.02. The van der Waals surface area contributed by atoms with Crippen molar-refractivity contribution in [2.75, 3.05) is 7.11 Å². The van der Waals surface area contributed by atoms with Crippen molar-refractivity contribution < 1.29 is 14.6 Å². The van der Waals surface area contributed by atoms with E-state index in [9.17, 15) is 9.90 Å². The summed E-state index contributed by atoms with van der Waals surface area (Å²) in [6.07, 6.45) is 1.51. The Balaban J connectivity index is 2.47. The number of carboxylic acid groups (broad SMARTS) is 1. The van der Waals surface area contributed by atoms with Crippen molar-refractivity contribution in [3.63, 3.8) is 0 Å². The molecular weight excluding hydrogens is 216 g/mol. The van der Waals surface area contributed by atoms with Crippen LogP contribution >= 0.6 is 0 Å². The molecule has 0 saturated carbocycles. The van der Waals surface area contributed by atoms with E-state index < -0.39 is 5.97 Å². The molecule has 17 heavy (non-hydrogen) atoms. The van der Waals surface area contributed by atoms with E-state index in [-0.39, 0.29) is 11.3 Å². The molecule has 0 aromatic heterocycles. The van der Waals surface area contributed by atoms with Crippen molar-refractivity contribution in [3.05, 3.63) is 29.3 Å². The normalized spacial score (nSPS) is 21.7. The topological polar surface area (TPSA) is 46.5 Å². The summed E-state index contributed by atoms with van der Waals surface area (Å²) >= 11 is 0. The van der Waals surface area contributed by atoms with Crippen LogP contribution in [-0.4, -0.2) is 18.2 Å². The first-order chi connectivity index (χ1) is 7.96. The summed E-state index contributed by atoms with van der Waals surface area (Å²) < 4.78 is 5.21. The number of hydrogen-bond acceptors (Lipinski definition) is 2. The Bertz CT molecular complexity index is 449. The largest absolute Gasteiger partial charge is 0.497 e. The molecule has 0 saturated heterocycles. The number of rotatable bonds is 2. The van der Waals surface area contributed by atoms with E-state index in [0.29, 0.717) is 6.42 Å². The summed E-state index contributed by atoms with van der Waals surface area (Å²) in [7, 11) is 1.65. The molecule has 1 aromatic carbocycles. The van der Waals surface area contributed by atoms with Crippen LogP contribution in [0.5, 0.6) is 5.75 Å². The standard InChI is InChI=1S/C14H18O3/c1-14(2)11-7-5-10(17-3)8-9(11)4-6-12(14)13(15)16/h5,7-8,12H,4,6H2,1-3H3,(H,15,16). The molecule has 2 rings (SSSR count). The molecule has 3 heteroatoms. The fraction of sp³-hybridized carbons (Fsp3) is 0.500. The summed E-state index contributed by atoms with van der Waals surface area (Å²) in [5, 5.41) is 9.28. The Labute approximate surface area is 101 Å². The highest BCUT2D eigenvalue weighted by Crippen LogP contribution is 2.42. The average molecular weight is 234 g/mol. The second-order valence-corrected chi connectivity index (χ2v) is 5.17. The number of hydrogen-bond donors (Lipinski definition) is 1. The second-order valence-electron chi connectivity index (χ2n) is 5.17. The predicted octanol–water partition coefficient (Wildman–Crippen LogP) is 2.62.